The summed E-state index contributed by atoms with van der Waals surface area (Å²) in [4.78, 5) is 0. The Hall–Kier alpha value is -0.850. The maximum Gasteiger partial charge on any atom is 0.200 e. The summed E-state index contributed by atoms with van der Waals surface area (Å²) in [5, 5.41) is 0. The van der Waals surface area contributed by atoms with Crippen molar-refractivity contribution >= 4 is 6.72 Å². The van der Waals surface area contributed by atoms with Crippen LogP contribution in [-0.2, 0) is 0 Å². The molecule has 0 aliphatic carbocycles. The molecule has 92 valence electrons. The summed E-state index contributed by atoms with van der Waals surface area (Å²) < 4.78 is 2.02. The Bertz CT molecular complexity index is 248. The normalized spacial score (nSPS) is 11.6. The Labute approximate surface area is 102 Å². The van der Waals surface area contributed by atoms with E-state index in [-0.39, 0.29) is 0 Å². The minimum atomic E-state index is 1.01. The first-order chi connectivity index (χ1) is 7.63. The van der Waals surface area contributed by atoms with Gasteiger partial charge in [0.2, 0.25) is 0 Å². The third-order valence-corrected chi connectivity index (χ3v) is 2.88. The smallest absolute Gasteiger partial charge is 0.200 e. The van der Waals surface area contributed by atoms with E-state index >= 15 is 0 Å². The second-order valence-electron chi connectivity index (χ2n) is 4.45. The summed E-state index contributed by atoms with van der Waals surface area (Å²) in [7, 11) is 0. The highest BCUT2D eigenvalue weighted by Crippen LogP contribution is 2.11. The van der Waals surface area contributed by atoms with Gasteiger partial charge in [-0.15, -0.1) is 0 Å². The molecule has 0 bridgehead atoms. The lowest BCUT2D eigenvalue weighted by atomic mass is 10.1. The van der Waals surface area contributed by atoms with E-state index in [0.717, 1.165) is 12.2 Å². The number of nitrogens with zero attached hydrogens (tertiary/aromatic N) is 1. The lowest BCUT2D eigenvalue weighted by Gasteiger charge is -2.04. The molecule has 0 N–H and O–H groups in total. The van der Waals surface area contributed by atoms with Gasteiger partial charge in [-0.3, -0.25) is 0 Å². The monoisotopic (exact) mass is 222 g/mol. The number of unbranched alkanes of at least 4 members (excludes halogenated alkanes) is 4. The number of hydrogen-bond donors (Lipinski definition) is 0. The first kappa shape index (κ1) is 15.2. The van der Waals surface area contributed by atoms with Crippen molar-refractivity contribution < 1.29 is 4.58 Å². The van der Waals surface area contributed by atoms with E-state index in [0.29, 0.717) is 0 Å². The molecule has 0 atom stereocenters. The van der Waals surface area contributed by atoms with E-state index in [1.807, 2.05) is 4.58 Å². The van der Waals surface area contributed by atoms with Crippen LogP contribution in [-0.4, -0.2) is 17.8 Å². The van der Waals surface area contributed by atoms with E-state index in [2.05, 4.69) is 40.1 Å². The number of rotatable bonds is 9. The minimum Gasteiger partial charge on any atom is -0.206 e. The molecule has 1 nitrogen and oxygen atoms in total. The van der Waals surface area contributed by atoms with Gasteiger partial charge >= 0.3 is 0 Å². The third-order valence-electron chi connectivity index (χ3n) is 2.88. The maximum atomic E-state index is 4.10. The molecule has 16 heavy (non-hydrogen) atoms. The molecule has 0 radical (unpaired) electrons. The molecule has 0 rings (SSSR count). The highest BCUT2D eigenvalue weighted by atomic mass is 15.0. The molecule has 0 aliphatic rings. The zero-order chi connectivity index (χ0) is 12.4. The van der Waals surface area contributed by atoms with Crippen molar-refractivity contribution in [2.45, 2.75) is 59.3 Å². The number of hydrogen-bond acceptors (Lipinski definition) is 0. The zero-order valence-corrected chi connectivity index (χ0v) is 11.4. The molecule has 0 aliphatic heterocycles. The number of allylic oxidation sites excluding steroid dienone is 2. The molecule has 0 saturated heterocycles. The van der Waals surface area contributed by atoms with Gasteiger partial charge in [0.25, 0.3) is 0 Å². The molecule has 0 aromatic carbocycles. The van der Waals surface area contributed by atoms with Gasteiger partial charge in [-0.2, -0.15) is 0 Å². The average Bonchev–Trinajstić information content (AvgIpc) is 2.30. The van der Waals surface area contributed by atoms with Crippen molar-refractivity contribution in [3.8, 4) is 0 Å². The average molecular weight is 222 g/mol. The topological polar surface area (TPSA) is 3.01 Å². The molecule has 0 aromatic heterocycles. The van der Waals surface area contributed by atoms with E-state index in [9.17, 15) is 0 Å². The largest absolute Gasteiger partial charge is 0.206 e. The van der Waals surface area contributed by atoms with Crippen LogP contribution >= 0.6 is 0 Å². The fourth-order valence-corrected chi connectivity index (χ4v) is 1.56. The predicted octanol–water partition coefficient (Wildman–Crippen LogP) is 4.54. The van der Waals surface area contributed by atoms with E-state index in [4.69, 9.17) is 0 Å². The molecule has 0 heterocycles. The van der Waals surface area contributed by atoms with Crippen LogP contribution in [0.15, 0.2) is 23.9 Å². The highest BCUT2D eigenvalue weighted by molar-refractivity contribution is 5.25. The van der Waals surface area contributed by atoms with E-state index < -0.39 is 0 Å². The highest BCUT2D eigenvalue weighted by Gasteiger charge is 2.08. The quantitative estimate of drug-likeness (QED) is 0.233. The molecule has 0 aromatic rings. The van der Waals surface area contributed by atoms with Crippen molar-refractivity contribution in [3.05, 3.63) is 23.9 Å². The Morgan fingerprint density at radius 2 is 1.75 bits per heavy atom. The molecule has 0 saturated carbocycles. The molecule has 0 unspecified atom stereocenters. The first-order valence-electron chi connectivity index (χ1n) is 6.57. The van der Waals surface area contributed by atoms with Crippen LogP contribution < -0.4 is 0 Å². The Morgan fingerprint density at radius 3 is 2.31 bits per heavy atom. The van der Waals surface area contributed by atoms with Crippen molar-refractivity contribution in [2.75, 3.05) is 6.54 Å². The summed E-state index contributed by atoms with van der Waals surface area (Å²) in [6.07, 6.45) is 9.74. The third kappa shape index (κ3) is 6.60. The van der Waals surface area contributed by atoms with Crippen LogP contribution in [0, 0.1) is 0 Å². The van der Waals surface area contributed by atoms with Crippen molar-refractivity contribution in [3.63, 3.8) is 0 Å². The lowest BCUT2D eigenvalue weighted by Crippen LogP contribution is -2.10. The van der Waals surface area contributed by atoms with Gasteiger partial charge in [0.05, 0.1) is 0 Å². The van der Waals surface area contributed by atoms with Crippen molar-refractivity contribution in [1.29, 1.82) is 0 Å². The second-order valence-corrected chi connectivity index (χ2v) is 4.45. The van der Waals surface area contributed by atoms with E-state index in [1.54, 1.807) is 0 Å². The SMILES string of the molecule is C=C(C(C)=CCCCCC)[N+](=C)CCCC. The standard InChI is InChI=1S/C15H28N/c1-6-8-10-11-12-14(3)15(4)16(5)13-9-7-2/h12H,4-11,13H2,1-3H3/q+1. The first-order valence-corrected chi connectivity index (χ1v) is 6.57. The summed E-state index contributed by atoms with van der Waals surface area (Å²) in [5.41, 5.74) is 2.35. The minimum absolute atomic E-state index is 1.01. The Morgan fingerprint density at radius 1 is 1.12 bits per heavy atom. The summed E-state index contributed by atoms with van der Waals surface area (Å²) in [5.74, 6) is 0. The second kappa shape index (κ2) is 9.38. The van der Waals surface area contributed by atoms with Crippen LogP contribution in [0.5, 0.6) is 0 Å². The zero-order valence-electron chi connectivity index (χ0n) is 11.4. The molecule has 0 spiro atoms. The molecular weight excluding hydrogens is 194 g/mol. The lowest BCUT2D eigenvalue weighted by molar-refractivity contribution is -0.464. The van der Waals surface area contributed by atoms with Crippen molar-refractivity contribution in [2.24, 2.45) is 0 Å². The van der Waals surface area contributed by atoms with Crippen LogP contribution in [0.4, 0.5) is 0 Å². The Kier molecular flexibility index (Phi) is 8.88. The van der Waals surface area contributed by atoms with Crippen LogP contribution in [0.25, 0.3) is 0 Å². The van der Waals surface area contributed by atoms with E-state index in [1.165, 1.54) is 44.1 Å². The summed E-state index contributed by atoms with van der Waals surface area (Å²) in [6.45, 7) is 15.7. The van der Waals surface area contributed by atoms with Crippen LogP contribution in [0.2, 0.25) is 0 Å². The molecule has 1 heteroatoms. The van der Waals surface area contributed by atoms with Gasteiger partial charge in [-0.25, -0.2) is 4.58 Å². The maximum absolute atomic E-state index is 4.10. The van der Waals surface area contributed by atoms with Crippen molar-refractivity contribution in [1.82, 2.24) is 0 Å². The van der Waals surface area contributed by atoms with Gasteiger partial charge < -0.3 is 0 Å². The van der Waals surface area contributed by atoms with Gasteiger partial charge in [0.1, 0.15) is 13.3 Å². The summed E-state index contributed by atoms with van der Waals surface area (Å²) in [6, 6.07) is 0. The molecule has 0 amide bonds. The van der Waals surface area contributed by atoms with Gasteiger partial charge in [0.15, 0.2) is 5.70 Å². The fourth-order valence-electron chi connectivity index (χ4n) is 1.56. The van der Waals surface area contributed by atoms with Crippen LogP contribution in [0.3, 0.4) is 0 Å². The van der Waals surface area contributed by atoms with Gasteiger partial charge in [-0.05, 0) is 26.3 Å². The Balaban J connectivity index is 4.00. The fraction of sp³-hybridized carbons (Fsp3) is 0.667. The molecular formula is C15H28N+. The van der Waals surface area contributed by atoms with Gasteiger partial charge in [-0.1, -0.05) is 39.2 Å². The van der Waals surface area contributed by atoms with Gasteiger partial charge in [0, 0.05) is 12.0 Å². The summed E-state index contributed by atoms with van der Waals surface area (Å²) >= 11 is 0. The molecule has 0 fully saturated rings. The van der Waals surface area contributed by atoms with Crippen LogP contribution in [0.1, 0.15) is 59.3 Å². The predicted molar refractivity (Wildman–Crippen MR) is 74.2 cm³/mol.